The van der Waals surface area contributed by atoms with Crippen molar-refractivity contribution in [1.29, 1.82) is 0 Å². The maximum atomic E-state index is 12.3. The van der Waals surface area contributed by atoms with Crippen LogP contribution in [0.25, 0.3) is 0 Å². The molecule has 2 N–H and O–H groups in total. The lowest BCUT2D eigenvalue weighted by Gasteiger charge is -2.20. The fourth-order valence-electron chi connectivity index (χ4n) is 2.67. The zero-order chi connectivity index (χ0) is 19.1. The summed E-state index contributed by atoms with van der Waals surface area (Å²) in [5, 5.41) is 11.1. The molecule has 1 heterocycles. The van der Waals surface area contributed by atoms with Crippen molar-refractivity contribution in [3.05, 3.63) is 18.2 Å². The first-order valence-corrected chi connectivity index (χ1v) is 8.06. The molecule has 0 spiro atoms. The second kappa shape index (κ2) is 9.04. The van der Waals surface area contributed by atoms with Gasteiger partial charge in [0.1, 0.15) is 18.1 Å². The minimum absolute atomic E-state index is 0.0920. The largest absolute Gasteiger partial charge is 0.497 e. The number of methoxy groups -OCH3 is 2. The molecule has 26 heavy (non-hydrogen) atoms. The quantitative estimate of drug-likeness (QED) is 0.603. The zero-order valence-corrected chi connectivity index (χ0v) is 14.7. The van der Waals surface area contributed by atoms with Gasteiger partial charge < -0.3 is 29.5 Å². The number of nitrogens with zero attached hydrogens (tertiary/aromatic N) is 1. The van der Waals surface area contributed by atoms with Gasteiger partial charge in [-0.1, -0.05) is 0 Å². The summed E-state index contributed by atoms with van der Waals surface area (Å²) in [6.45, 7) is 0.101. The molecule has 0 bridgehead atoms. The second-order valence-electron chi connectivity index (χ2n) is 5.68. The first-order valence-electron chi connectivity index (χ1n) is 8.06. The Labute approximate surface area is 150 Å². The average Bonchev–Trinajstić information content (AvgIpc) is 3.02. The molecule has 0 aromatic heterocycles. The highest BCUT2D eigenvalue weighted by Gasteiger charge is 2.36. The number of hydrogen-bond donors (Lipinski definition) is 2. The Morgan fingerprint density at radius 3 is 2.73 bits per heavy atom. The summed E-state index contributed by atoms with van der Waals surface area (Å²) in [4.78, 5) is 36.4. The Morgan fingerprint density at radius 2 is 2.08 bits per heavy atom. The molecule has 1 fully saturated rings. The summed E-state index contributed by atoms with van der Waals surface area (Å²) in [5.74, 6) is -0.910. The van der Waals surface area contributed by atoms with E-state index in [1.54, 1.807) is 18.2 Å². The van der Waals surface area contributed by atoms with Gasteiger partial charge in [-0.25, -0.2) is 4.79 Å². The zero-order valence-electron chi connectivity index (χ0n) is 14.7. The molecule has 1 unspecified atom stereocenters. The summed E-state index contributed by atoms with van der Waals surface area (Å²) in [5.41, 5.74) is 0.582. The van der Waals surface area contributed by atoms with Crippen LogP contribution >= 0.6 is 0 Å². The van der Waals surface area contributed by atoms with Crippen LogP contribution in [0.2, 0.25) is 0 Å². The Morgan fingerprint density at radius 1 is 1.31 bits per heavy atom. The minimum atomic E-state index is -1.07. The molecule has 142 valence electrons. The van der Waals surface area contributed by atoms with Crippen LogP contribution in [0.5, 0.6) is 11.5 Å². The maximum Gasteiger partial charge on any atom is 0.329 e. The van der Waals surface area contributed by atoms with Gasteiger partial charge >= 0.3 is 5.97 Å². The molecular weight excluding hydrogens is 344 g/mol. The predicted octanol–water partition coefficient (Wildman–Crippen LogP) is 0.274. The average molecular weight is 366 g/mol. The van der Waals surface area contributed by atoms with Gasteiger partial charge in [0.15, 0.2) is 0 Å². The Balaban J connectivity index is 1.93. The number of carbonyl (C=O) groups is 3. The van der Waals surface area contributed by atoms with E-state index in [-0.39, 0.29) is 37.9 Å². The summed E-state index contributed by atoms with van der Waals surface area (Å²) in [7, 11) is 3.04. The molecule has 9 heteroatoms. The van der Waals surface area contributed by atoms with Crippen molar-refractivity contribution in [3.8, 4) is 11.5 Å². The molecule has 1 aliphatic heterocycles. The van der Waals surface area contributed by atoms with E-state index in [9.17, 15) is 14.4 Å². The lowest BCUT2D eigenvalue weighted by molar-refractivity contribution is -0.142. The second-order valence-corrected chi connectivity index (χ2v) is 5.68. The standard InChI is InChI=1S/C17H22N2O7/c1-24-12-3-4-13(14(8-12)25-2)19-9-11(7-15(19)20)17(23)18-5-6-26-10-16(21)22/h3-4,8,11H,5-7,9-10H2,1-2H3,(H,18,23)(H,21,22). The molecule has 1 aromatic rings. The van der Waals surface area contributed by atoms with Crippen LogP contribution in [0.1, 0.15) is 6.42 Å². The number of rotatable bonds is 9. The van der Waals surface area contributed by atoms with Crippen molar-refractivity contribution in [2.24, 2.45) is 5.92 Å². The highest BCUT2D eigenvalue weighted by Crippen LogP contribution is 2.35. The monoisotopic (exact) mass is 366 g/mol. The third kappa shape index (κ3) is 4.85. The fourth-order valence-corrected chi connectivity index (χ4v) is 2.67. The molecule has 2 rings (SSSR count). The number of aliphatic carboxylic acids is 1. The summed E-state index contributed by atoms with van der Waals surface area (Å²) in [6, 6.07) is 5.11. The number of benzene rings is 1. The van der Waals surface area contributed by atoms with Crippen molar-refractivity contribution in [2.75, 3.05) is 45.4 Å². The van der Waals surface area contributed by atoms with Gasteiger partial charge in [-0.2, -0.15) is 0 Å². The van der Waals surface area contributed by atoms with Gasteiger partial charge in [-0.15, -0.1) is 0 Å². The van der Waals surface area contributed by atoms with E-state index in [4.69, 9.17) is 19.3 Å². The first-order chi connectivity index (χ1) is 12.5. The van der Waals surface area contributed by atoms with E-state index in [0.717, 1.165) is 0 Å². The van der Waals surface area contributed by atoms with E-state index >= 15 is 0 Å². The SMILES string of the molecule is COc1ccc(N2CC(C(=O)NCCOCC(=O)O)CC2=O)c(OC)c1. The van der Waals surface area contributed by atoms with E-state index in [2.05, 4.69) is 5.32 Å². The van der Waals surface area contributed by atoms with Crippen LogP contribution in [0.3, 0.4) is 0 Å². The number of nitrogens with one attached hydrogen (secondary N) is 1. The van der Waals surface area contributed by atoms with Gasteiger partial charge in [0.05, 0.1) is 32.4 Å². The Bertz CT molecular complexity index is 677. The van der Waals surface area contributed by atoms with Gasteiger partial charge in [-0.3, -0.25) is 9.59 Å². The van der Waals surface area contributed by atoms with E-state index < -0.39 is 18.5 Å². The van der Waals surface area contributed by atoms with Crippen LogP contribution < -0.4 is 19.7 Å². The maximum absolute atomic E-state index is 12.3. The molecular formula is C17H22N2O7. The summed E-state index contributed by atoms with van der Waals surface area (Å²) in [6.07, 6.45) is 0.0942. The normalized spacial score (nSPS) is 16.5. The van der Waals surface area contributed by atoms with Crippen LogP contribution in [0.4, 0.5) is 5.69 Å². The van der Waals surface area contributed by atoms with Crippen LogP contribution in [0, 0.1) is 5.92 Å². The summed E-state index contributed by atoms with van der Waals surface area (Å²) >= 11 is 0. The number of anilines is 1. The van der Waals surface area contributed by atoms with E-state index in [1.807, 2.05) is 0 Å². The molecule has 0 radical (unpaired) electrons. The number of ether oxygens (including phenoxy) is 3. The summed E-state index contributed by atoms with van der Waals surface area (Å²) < 4.78 is 15.3. The van der Waals surface area contributed by atoms with Gasteiger partial charge in [0.2, 0.25) is 11.8 Å². The highest BCUT2D eigenvalue weighted by atomic mass is 16.5. The number of carboxylic acid groups (broad SMARTS) is 1. The van der Waals surface area contributed by atoms with Crippen LogP contribution in [0.15, 0.2) is 18.2 Å². The molecule has 1 aliphatic rings. The fraction of sp³-hybridized carbons (Fsp3) is 0.471. The lowest BCUT2D eigenvalue weighted by atomic mass is 10.1. The van der Waals surface area contributed by atoms with Crippen molar-refractivity contribution in [2.45, 2.75) is 6.42 Å². The number of carbonyl (C=O) groups excluding carboxylic acids is 2. The predicted molar refractivity (Wildman–Crippen MR) is 91.5 cm³/mol. The van der Waals surface area contributed by atoms with E-state index in [1.165, 1.54) is 19.1 Å². The number of carboxylic acids is 1. The van der Waals surface area contributed by atoms with Crippen molar-refractivity contribution in [3.63, 3.8) is 0 Å². The number of hydrogen-bond acceptors (Lipinski definition) is 6. The van der Waals surface area contributed by atoms with Gasteiger partial charge in [0.25, 0.3) is 0 Å². The third-order valence-electron chi connectivity index (χ3n) is 3.94. The molecule has 9 nitrogen and oxygen atoms in total. The van der Waals surface area contributed by atoms with Crippen molar-refractivity contribution < 1.29 is 33.7 Å². The number of amides is 2. The van der Waals surface area contributed by atoms with Crippen LogP contribution in [-0.4, -0.2) is 63.4 Å². The highest BCUT2D eigenvalue weighted by molar-refractivity contribution is 6.01. The minimum Gasteiger partial charge on any atom is -0.497 e. The first kappa shape index (κ1) is 19.5. The van der Waals surface area contributed by atoms with Crippen molar-refractivity contribution >= 4 is 23.5 Å². The van der Waals surface area contributed by atoms with Gasteiger partial charge in [-0.05, 0) is 12.1 Å². The topological polar surface area (TPSA) is 114 Å². The smallest absolute Gasteiger partial charge is 0.329 e. The molecule has 0 saturated carbocycles. The van der Waals surface area contributed by atoms with E-state index in [0.29, 0.717) is 17.2 Å². The molecule has 0 aliphatic carbocycles. The Hall–Kier alpha value is -2.81. The Kier molecular flexibility index (Phi) is 6.79. The van der Waals surface area contributed by atoms with Crippen molar-refractivity contribution in [1.82, 2.24) is 5.32 Å². The molecule has 1 aromatic carbocycles. The third-order valence-corrected chi connectivity index (χ3v) is 3.94. The van der Waals surface area contributed by atoms with Crippen LogP contribution in [-0.2, 0) is 19.1 Å². The lowest BCUT2D eigenvalue weighted by Crippen LogP contribution is -2.35. The van der Waals surface area contributed by atoms with Gasteiger partial charge in [0, 0.05) is 25.6 Å². The molecule has 1 saturated heterocycles. The molecule has 2 amide bonds. The molecule has 1 atom stereocenters.